The molecule has 0 spiro atoms. The second kappa shape index (κ2) is 7.13. The number of sulfone groups is 1. The minimum atomic E-state index is -3.96. The van der Waals surface area contributed by atoms with Gasteiger partial charge < -0.3 is 9.84 Å². The third kappa shape index (κ3) is 3.58. The number of halogens is 1. The number of carboxylic acids is 1. The van der Waals surface area contributed by atoms with E-state index < -0.39 is 21.8 Å². The van der Waals surface area contributed by atoms with E-state index >= 15 is 0 Å². The van der Waals surface area contributed by atoms with E-state index in [2.05, 4.69) is 20.7 Å². The maximum Gasteiger partial charge on any atom is 0.338 e. The number of esters is 1. The number of benzene rings is 3. The van der Waals surface area contributed by atoms with Crippen molar-refractivity contribution < 1.29 is 27.9 Å². The monoisotopic (exact) mass is 448 g/mol. The van der Waals surface area contributed by atoms with Crippen LogP contribution in [-0.2, 0) is 14.6 Å². The van der Waals surface area contributed by atoms with Gasteiger partial charge in [-0.15, -0.1) is 0 Å². The van der Waals surface area contributed by atoms with Crippen LogP contribution in [-0.4, -0.2) is 32.6 Å². The molecular weight excluding hydrogens is 436 g/mol. The third-order valence-electron chi connectivity index (χ3n) is 4.02. The molecule has 3 aromatic rings. The zero-order chi connectivity index (χ0) is 19.8. The average molecular weight is 449 g/mol. The molecule has 8 heteroatoms. The first kappa shape index (κ1) is 19.1. The molecule has 27 heavy (non-hydrogen) atoms. The van der Waals surface area contributed by atoms with Gasteiger partial charge in [0, 0.05) is 4.47 Å². The number of aromatic carboxylic acids is 1. The number of hydrogen-bond acceptors (Lipinski definition) is 5. The molecule has 6 nitrogen and oxygen atoms in total. The Labute approximate surface area is 163 Å². The highest BCUT2D eigenvalue weighted by molar-refractivity contribution is 9.10. The number of fused-ring (bicyclic) bond motifs is 1. The fraction of sp³-hybridized carbons (Fsp3) is 0.0526. The summed E-state index contributed by atoms with van der Waals surface area (Å²) in [6.07, 6.45) is 0. The number of carboxylic acid groups (broad SMARTS) is 1. The third-order valence-corrected chi connectivity index (χ3v) is 6.26. The van der Waals surface area contributed by atoms with Gasteiger partial charge in [0.15, 0.2) is 0 Å². The Kier molecular flexibility index (Phi) is 5.03. The van der Waals surface area contributed by atoms with Crippen molar-refractivity contribution in [3.8, 4) is 0 Å². The molecule has 1 N–H and O–H groups in total. The quantitative estimate of drug-likeness (QED) is 0.607. The van der Waals surface area contributed by atoms with E-state index in [1.165, 1.54) is 12.1 Å². The molecule has 0 amide bonds. The number of methoxy groups -OCH3 is 1. The van der Waals surface area contributed by atoms with Crippen molar-refractivity contribution in [2.24, 2.45) is 0 Å². The van der Waals surface area contributed by atoms with Crippen LogP contribution in [0.4, 0.5) is 0 Å². The lowest BCUT2D eigenvalue weighted by molar-refractivity contribution is 0.0582. The van der Waals surface area contributed by atoms with E-state index in [4.69, 9.17) is 0 Å². The molecule has 0 heterocycles. The predicted molar refractivity (Wildman–Crippen MR) is 102 cm³/mol. The van der Waals surface area contributed by atoms with Crippen LogP contribution < -0.4 is 0 Å². The molecule has 0 unspecified atom stereocenters. The van der Waals surface area contributed by atoms with Crippen LogP contribution in [0.3, 0.4) is 0 Å². The first-order valence-electron chi connectivity index (χ1n) is 7.64. The predicted octanol–water partition coefficient (Wildman–Crippen LogP) is 3.92. The summed E-state index contributed by atoms with van der Waals surface area (Å²) in [5, 5.41) is 10.8. The number of carbonyl (C=O) groups excluding carboxylic acids is 1. The Bertz CT molecular complexity index is 1180. The van der Waals surface area contributed by atoms with Crippen molar-refractivity contribution in [3.63, 3.8) is 0 Å². The van der Waals surface area contributed by atoms with Gasteiger partial charge in [-0.3, -0.25) is 0 Å². The van der Waals surface area contributed by atoms with E-state index in [-0.39, 0.29) is 20.9 Å². The maximum atomic E-state index is 13.0. The van der Waals surface area contributed by atoms with E-state index in [0.29, 0.717) is 0 Å². The van der Waals surface area contributed by atoms with E-state index in [9.17, 15) is 23.1 Å². The highest BCUT2D eigenvalue weighted by Gasteiger charge is 2.24. The Morgan fingerprint density at radius 2 is 1.48 bits per heavy atom. The topological polar surface area (TPSA) is 97.7 Å². The summed E-state index contributed by atoms with van der Waals surface area (Å²) in [5.74, 6) is -2.27. The normalized spacial score (nSPS) is 11.3. The Balaban J connectivity index is 2.16. The fourth-order valence-electron chi connectivity index (χ4n) is 2.65. The molecule has 138 valence electrons. The van der Waals surface area contributed by atoms with Gasteiger partial charge in [-0.1, -0.05) is 28.1 Å². The molecule has 0 aliphatic rings. The highest BCUT2D eigenvalue weighted by Crippen LogP contribution is 2.28. The lowest BCUT2D eigenvalue weighted by Crippen LogP contribution is -2.12. The number of hydrogen-bond donors (Lipinski definition) is 1. The number of ether oxygens (including phenoxy) is 1. The molecule has 0 fully saturated rings. The van der Waals surface area contributed by atoms with Crippen molar-refractivity contribution in [1.82, 2.24) is 0 Å². The largest absolute Gasteiger partial charge is 0.478 e. The Morgan fingerprint density at radius 1 is 0.889 bits per heavy atom. The lowest BCUT2D eigenvalue weighted by atomic mass is 10.1. The molecule has 3 aromatic carbocycles. The standard InChI is InChI=1S/C19H13BrO6S/c1-26-19(23)17-10-15(6-7-16(17)18(21)22)27(24,25)14-5-3-11-8-13(20)4-2-12(11)9-14/h2-10H,1H3,(H,21,22). The number of rotatable bonds is 4. The van der Waals surface area contributed by atoms with Crippen LogP contribution in [0.5, 0.6) is 0 Å². The molecule has 0 radical (unpaired) electrons. The zero-order valence-corrected chi connectivity index (χ0v) is 16.4. The fourth-order valence-corrected chi connectivity index (χ4v) is 4.35. The Hall–Kier alpha value is -2.71. The Morgan fingerprint density at radius 3 is 2.15 bits per heavy atom. The zero-order valence-electron chi connectivity index (χ0n) is 14.0. The van der Waals surface area contributed by atoms with Gasteiger partial charge in [0.05, 0.1) is 28.0 Å². The molecule has 0 aliphatic heterocycles. The van der Waals surface area contributed by atoms with Gasteiger partial charge in [0.2, 0.25) is 9.84 Å². The summed E-state index contributed by atoms with van der Waals surface area (Å²) in [6.45, 7) is 0. The van der Waals surface area contributed by atoms with Gasteiger partial charge in [-0.05, 0) is 53.2 Å². The van der Waals surface area contributed by atoms with Crippen molar-refractivity contribution in [2.75, 3.05) is 7.11 Å². The van der Waals surface area contributed by atoms with Gasteiger partial charge in [0.25, 0.3) is 0 Å². The number of carbonyl (C=O) groups is 2. The molecule has 0 aliphatic carbocycles. The smallest absolute Gasteiger partial charge is 0.338 e. The summed E-state index contributed by atoms with van der Waals surface area (Å²) in [7, 11) is -2.87. The second-order valence-corrected chi connectivity index (χ2v) is 8.53. The van der Waals surface area contributed by atoms with Gasteiger partial charge in [-0.25, -0.2) is 18.0 Å². The molecule has 0 bridgehead atoms. The summed E-state index contributed by atoms with van der Waals surface area (Å²) < 4.78 is 31.4. The van der Waals surface area contributed by atoms with Crippen molar-refractivity contribution in [2.45, 2.75) is 9.79 Å². The summed E-state index contributed by atoms with van der Waals surface area (Å²) in [6, 6.07) is 13.4. The molecule has 3 rings (SSSR count). The molecular formula is C19H13BrO6S. The van der Waals surface area contributed by atoms with Crippen LogP contribution in [0.15, 0.2) is 68.9 Å². The van der Waals surface area contributed by atoms with E-state index in [0.717, 1.165) is 40.6 Å². The first-order chi connectivity index (χ1) is 12.7. The second-order valence-electron chi connectivity index (χ2n) is 5.66. The van der Waals surface area contributed by atoms with Crippen LogP contribution >= 0.6 is 15.9 Å². The van der Waals surface area contributed by atoms with Crippen molar-refractivity contribution in [1.29, 1.82) is 0 Å². The highest BCUT2D eigenvalue weighted by atomic mass is 79.9. The SMILES string of the molecule is COC(=O)c1cc(S(=O)(=O)c2ccc3cc(Br)ccc3c2)ccc1C(=O)O. The first-order valence-corrected chi connectivity index (χ1v) is 9.92. The summed E-state index contributed by atoms with van der Waals surface area (Å²) in [4.78, 5) is 23.0. The van der Waals surface area contributed by atoms with Gasteiger partial charge in [0.1, 0.15) is 0 Å². The van der Waals surface area contributed by atoms with Crippen LogP contribution in [0.2, 0.25) is 0 Å². The maximum absolute atomic E-state index is 13.0. The van der Waals surface area contributed by atoms with E-state index in [1.807, 2.05) is 6.07 Å². The van der Waals surface area contributed by atoms with Crippen LogP contribution in [0.1, 0.15) is 20.7 Å². The molecule has 0 atom stereocenters. The molecule has 0 aromatic heterocycles. The average Bonchev–Trinajstić information content (AvgIpc) is 2.66. The summed E-state index contributed by atoms with van der Waals surface area (Å²) in [5.41, 5.74) is -0.653. The molecule has 0 saturated carbocycles. The van der Waals surface area contributed by atoms with Crippen molar-refractivity contribution >= 4 is 48.5 Å². The lowest BCUT2D eigenvalue weighted by Gasteiger charge is -2.10. The summed E-state index contributed by atoms with van der Waals surface area (Å²) >= 11 is 3.36. The van der Waals surface area contributed by atoms with Gasteiger partial charge >= 0.3 is 11.9 Å². The van der Waals surface area contributed by atoms with Gasteiger partial charge in [-0.2, -0.15) is 0 Å². The minimum absolute atomic E-state index is 0.0382. The van der Waals surface area contributed by atoms with Crippen LogP contribution in [0.25, 0.3) is 10.8 Å². The van der Waals surface area contributed by atoms with Crippen molar-refractivity contribution in [3.05, 3.63) is 70.2 Å². The minimum Gasteiger partial charge on any atom is -0.478 e. The van der Waals surface area contributed by atoms with E-state index in [1.54, 1.807) is 18.2 Å². The molecule has 0 saturated heterocycles. The van der Waals surface area contributed by atoms with Crippen LogP contribution in [0, 0.1) is 0 Å².